The van der Waals surface area contributed by atoms with Crippen molar-refractivity contribution < 1.29 is 4.74 Å². The molecule has 4 heteroatoms. The second-order valence-corrected chi connectivity index (χ2v) is 4.97. The first kappa shape index (κ1) is 14.5. The van der Waals surface area contributed by atoms with Gasteiger partial charge in [-0.2, -0.15) is 0 Å². The van der Waals surface area contributed by atoms with Crippen molar-refractivity contribution in [3.8, 4) is 5.75 Å². The Labute approximate surface area is 112 Å². The Bertz CT molecular complexity index is 357. The van der Waals surface area contributed by atoms with E-state index >= 15 is 0 Å². The number of nitrogens with zero attached hydrogens (tertiary/aromatic N) is 1. The quantitative estimate of drug-likeness (QED) is 0.878. The van der Waals surface area contributed by atoms with Crippen LogP contribution in [-0.2, 0) is 0 Å². The second kappa shape index (κ2) is 6.99. The normalized spacial score (nSPS) is 12.8. The molecule has 96 valence electrons. The molecule has 0 fully saturated rings. The summed E-state index contributed by atoms with van der Waals surface area (Å²) in [6, 6.07) is 6.23. The van der Waals surface area contributed by atoms with Crippen molar-refractivity contribution in [1.82, 2.24) is 4.90 Å². The van der Waals surface area contributed by atoms with Crippen LogP contribution in [0.25, 0.3) is 0 Å². The Morgan fingerprint density at radius 2 is 2.18 bits per heavy atom. The molecule has 0 amide bonds. The monoisotopic (exact) mass is 300 g/mol. The Balaban J connectivity index is 3.01. The van der Waals surface area contributed by atoms with Crippen molar-refractivity contribution in [2.45, 2.75) is 19.4 Å². The third kappa shape index (κ3) is 3.69. The minimum atomic E-state index is 0.222. The molecule has 1 rings (SSSR count). The predicted molar refractivity (Wildman–Crippen MR) is 75.4 cm³/mol. The maximum Gasteiger partial charge on any atom is 0.119 e. The standard InChI is InChI=1S/C13H21BrN2O/c1-4-7-16(2)13(9-15)11-8-10(17-3)5-6-12(11)14/h5-6,8,13H,4,7,9,15H2,1-3H3. The van der Waals surface area contributed by atoms with Crippen LogP contribution in [0.2, 0.25) is 0 Å². The van der Waals surface area contributed by atoms with Crippen molar-refractivity contribution >= 4 is 15.9 Å². The van der Waals surface area contributed by atoms with Gasteiger partial charge >= 0.3 is 0 Å². The van der Waals surface area contributed by atoms with E-state index in [0.29, 0.717) is 6.54 Å². The minimum Gasteiger partial charge on any atom is -0.497 e. The van der Waals surface area contributed by atoms with E-state index < -0.39 is 0 Å². The van der Waals surface area contributed by atoms with E-state index in [1.54, 1.807) is 7.11 Å². The molecule has 0 aliphatic heterocycles. The highest BCUT2D eigenvalue weighted by Crippen LogP contribution is 2.30. The smallest absolute Gasteiger partial charge is 0.119 e. The molecule has 0 radical (unpaired) electrons. The number of methoxy groups -OCH3 is 1. The number of hydrogen-bond acceptors (Lipinski definition) is 3. The van der Waals surface area contributed by atoms with Crippen LogP contribution in [0.1, 0.15) is 24.9 Å². The first-order valence-corrected chi connectivity index (χ1v) is 6.67. The average molecular weight is 301 g/mol. The summed E-state index contributed by atoms with van der Waals surface area (Å²) >= 11 is 3.58. The molecule has 0 bridgehead atoms. The summed E-state index contributed by atoms with van der Waals surface area (Å²) in [6.45, 7) is 3.80. The molecule has 1 atom stereocenters. The highest BCUT2D eigenvalue weighted by atomic mass is 79.9. The van der Waals surface area contributed by atoms with Gasteiger partial charge in [0, 0.05) is 17.1 Å². The highest BCUT2D eigenvalue weighted by molar-refractivity contribution is 9.10. The molecule has 17 heavy (non-hydrogen) atoms. The van der Waals surface area contributed by atoms with Crippen molar-refractivity contribution in [3.05, 3.63) is 28.2 Å². The zero-order chi connectivity index (χ0) is 12.8. The van der Waals surface area contributed by atoms with Gasteiger partial charge in [-0.05, 0) is 43.8 Å². The summed E-state index contributed by atoms with van der Waals surface area (Å²) < 4.78 is 6.34. The number of nitrogens with two attached hydrogens (primary N) is 1. The van der Waals surface area contributed by atoms with E-state index in [-0.39, 0.29) is 6.04 Å². The topological polar surface area (TPSA) is 38.5 Å². The number of halogens is 1. The number of hydrogen-bond donors (Lipinski definition) is 1. The van der Waals surface area contributed by atoms with Crippen LogP contribution >= 0.6 is 15.9 Å². The van der Waals surface area contributed by atoms with Gasteiger partial charge in [0.25, 0.3) is 0 Å². The van der Waals surface area contributed by atoms with Gasteiger partial charge in [-0.3, -0.25) is 4.90 Å². The molecule has 1 aromatic rings. The molecule has 2 N–H and O–H groups in total. The van der Waals surface area contributed by atoms with Gasteiger partial charge in [0.2, 0.25) is 0 Å². The number of rotatable bonds is 6. The Hall–Kier alpha value is -0.580. The molecule has 0 aromatic heterocycles. The van der Waals surface area contributed by atoms with Crippen molar-refractivity contribution in [3.63, 3.8) is 0 Å². The lowest BCUT2D eigenvalue weighted by molar-refractivity contribution is 0.249. The van der Waals surface area contributed by atoms with Gasteiger partial charge in [0.1, 0.15) is 5.75 Å². The summed E-state index contributed by atoms with van der Waals surface area (Å²) in [7, 11) is 3.78. The van der Waals surface area contributed by atoms with Crippen LogP contribution in [0.4, 0.5) is 0 Å². The number of ether oxygens (including phenoxy) is 1. The van der Waals surface area contributed by atoms with Gasteiger partial charge < -0.3 is 10.5 Å². The van der Waals surface area contributed by atoms with E-state index in [1.807, 2.05) is 18.2 Å². The Kier molecular flexibility index (Phi) is 5.95. The summed E-state index contributed by atoms with van der Waals surface area (Å²) in [5.74, 6) is 0.867. The minimum absolute atomic E-state index is 0.222. The lowest BCUT2D eigenvalue weighted by Gasteiger charge is -2.28. The molecule has 3 nitrogen and oxygen atoms in total. The van der Waals surface area contributed by atoms with Crippen molar-refractivity contribution in [2.24, 2.45) is 5.73 Å². The SMILES string of the molecule is CCCN(C)C(CN)c1cc(OC)ccc1Br. The maximum absolute atomic E-state index is 5.89. The third-order valence-electron chi connectivity index (χ3n) is 2.89. The lowest BCUT2D eigenvalue weighted by Crippen LogP contribution is -2.31. The molecule has 0 aliphatic carbocycles. The molecule has 1 aromatic carbocycles. The van der Waals surface area contributed by atoms with Gasteiger partial charge in [-0.25, -0.2) is 0 Å². The molecule has 1 unspecified atom stereocenters. The molecular formula is C13H21BrN2O. The molecule has 0 heterocycles. The Morgan fingerprint density at radius 1 is 1.47 bits per heavy atom. The van der Waals surface area contributed by atoms with Crippen LogP contribution in [0, 0.1) is 0 Å². The zero-order valence-electron chi connectivity index (χ0n) is 10.7. The molecule has 0 spiro atoms. The summed E-state index contributed by atoms with van der Waals surface area (Å²) in [4.78, 5) is 2.28. The van der Waals surface area contributed by atoms with Gasteiger partial charge in [-0.15, -0.1) is 0 Å². The van der Waals surface area contributed by atoms with E-state index in [1.165, 1.54) is 5.56 Å². The molecule has 0 aliphatic rings. The van der Waals surface area contributed by atoms with Gasteiger partial charge in [0.15, 0.2) is 0 Å². The summed E-state index contributed by atoms with van der Waals surface area (Å²) in [6.07, 6.45) is 1.12. The molecular weight excluding hydrogens is 280 g/mol. The fraction of sp³-hybridized carbons (Fsp3) is 0.538. The average Bonchev–Trinajstić information content (AvgIpc) is 2.33. The first-order chi connectivity index (χ1) is 8.13. The van der Waals surface area contributed by atoms with Crippen LogP contribution in [-0.4, -0.2) is 32.1 Å². The fourth-order valence-electron chi connectivity index (χ4n) is 1.96. The van der Waals surface area contributed by atoms with Gasteiger partial charge in [0.05, 0.1) is 7.11 Å². The van der Waals surface area contributed by atoms with E-state index in [9.17, 15) is 0 Å². The van der Waals surface area contributed by atoms with Crippen molar-refractivity contribution in [2.75, 3.05) is 27.2 Å². The van der Waals surface area contributed by atoms with Crippen LogP contribution in [0.3, 0.4) is 0 Å². The summed E-state index contributed by atoms with van der Waals surface area (Å²) in [5.41, 5.74) is 7.08. The van der Waals surface area contributed by atoms with Gasteiger partial charge in [-0.1, -0.05) is 22.9 Å². The summed E-state index contributed by atoms with van der Waals surface area (Å²) in [5, 5.41) is 0. The third-order valence-corrected chi connectivity index (χ3v) is 3.62. The largest absolute Gasteiger partial charge is 0.497 e. The lowest BCUT2D eigenvalue weighted by atomic mass is 10.1. The first-order valence-electron chi connectivity index (χ1n) is 5.87. The fourth-order valence-corrected chi connectivity index (χ4v) is 2.47. The van der Waals surface area contributed by atoms with Crippen molar-refractivity contribution in [1.29, 1.82) is 0 Å². The molecule has 0 saturated heterocycles. The van der Waals surface area contributed by atoms with Crippen LogP contribution in [0.15, 0.2) is 22.7 Å². The van der Waals surface area contributed by atoms with Crippen LogP contribution in [0.5, 0.6) is 5.75 Å². The second-order valence-electron chi connectivity index (χ2n) is 4.12. The Morgan fingerprint density at radius 3 is 2.71 bits per heavy atom. The maximum atomic E-state index is 5.89. The highest BCUT2D eigenvalue weighted by Gasteiger charge is 2.18. The number of likely N-dealkylation sites (N-methyl/N-ethyl adjacent to an activating group) is 1. The van der Waals surface area contributed by atoms with E-state index in [0.717, 1.165) is 23.2 Å². The van der Waals surface area contributed by atoms with E-state index in [2.05, 4.69) is 34.8 Å². The number of benzene rings is 1. The molecule has 0 saturated carbocycles. The predicted octanol–water partition coefficient (Wildman–Crippen LogP) is 2.80. The van der Waals surface area contributed by atoms with Crippen LogP contribution < -0.4 is 10.5 Å². The van der Waals surface area contributed by atoms with E-state index in [4.69, 9.17) is 10.5 Å². The zero-order valence-corrected chi connectivity index (χ0v) is 12.3.